The molecule has 0 radical (unpaired) electrons. The smallest absolute Gasteiger partial charge is 0.0710 e. The Morgan fingerprint density at radius 3 is 1.56 bits per heavy atom. The molecule has 0 unspecified atom stereocenters. The van der Waals surface area contributed by atoms with Crippen LogP contribution in [0.25, 0.3) is 0 Å². The summed E-state index contributed by atoms with van der Waals surface area (Å²) in [6.45, 7) is 4.41. The van der Waals surface area contributed by atoms with Crippen LogP contribution in [0.1, 0.15) is 57.1 Å². The van der Waals surface area contributed by atoms with Gasteiger partial charge in [0.15, 0.2) is 0 Å². The maximum absolute atomic E-state index is 6.57. The fourth-order valence-corrected chi connectivity index (χ4v) is 3.92. The standard InChI is InChI=1S/C23H34N2/c1-5-22(24,6-2)18-13-19-23(25(3)4,20-14-9-7-10-15-20)21-16-11-8-12-17-21/h7-12,14-17H,5-6,13,18-19,24H2,1-4H3. The van der Waals surface area contributed by atoms with Crippen LogP contribution in [0.3, 0.4) is 0 Å². The van der Waals surface area contributed by atoms with Crippen LogP contribution >= 0.6 is 0 Å². The summed E-state index contributed by atoms with van der Waals surface area (Å²) in [4.78, 5) is 2.37. The molecule has 0 bridgehead atoms. The minimum absolute atomic E-state index is 0.0363. The molecule has 0 atom stereocenters. The van der Waals surface area contributed by atoms with E-state index in [0.717, 1.165) is 32.1 Å². The molecule has 0 aliphatic rings. The van der Waals surface area contributed by atoms with Crippen LogP contribution in [0.4, 0.5) is 0 Å². The molecule has 0 aromatic heterocycles. The molecule has 0 saturated carbocycles. The Balaban J connectivity index is 2.38. The summed E-state index contributed by atoms with van der Waals surface area (Å²) in [5.74, 6) is 0. The topological polar surface area (TPSA) is 29.3 Å². The van der Waals surface area contributed by atoms with Gasteiger partial charge < -0.3 is 5.73 Å². The molecule has 0 saturated heterocycles. The molecular formula is C23H34N2. The average Bonchev–Trinajstić information content (AvgIpc) is 2.66. The Kier molecular flexibility index (Phi) is 6.80. The van der Waals surface area contributed by atoms with E-state index in [0.29, 0.717) is 0 Å². The van der Waals surface area contributed by atoms with Crippen LogP contribution in [-0.4, -0.2) is 24.5 Å². The third-order valence-corrected chi connectivity index (χ3v) is 5.89. The van der Waals surface area contributed by atoms with Gasteiger partial charge in [-0.25, -0.2) is 0 Å². The van der Waals surface area contributed by atoms with Crippen molar-refractivity contribution in [3.63, 3.8) is 0 Å². The zero-order valence-corrected chi connectivity index (χ0v) is 16.3. The van der Waals surface area contributed by atoms with Crippen molar-refractivity contribution in [2.24, 2.45) is 5.73 Å². The van der Waals surface area contributed by atoms with Crippen LogP contribution < -0.4 is 5.73 Å². The highest BCUT2D eigenvalue weighted by atomic mass is 15.1. The van der Waals surface area contributed by atoms with Crippen molar-refractivity contribution in [1.82, 2.24) is 4.90 Å². The molecule has 2 rings (SSSR count). The Morgan fingerprint density at radius 1 is 0.760 bits per heavy atom. The summed E-state index contributed by atoms with van der Waals surface area (Å²) in [6.07, 6.45) is 5.31. The van der Waals surface area contributed by atoms with Gasteiger partial charge >= 0.3 is 0 Å². The second kappa shape index (κ2) is 8.64. The van der Waals surface area contributed by atoms with Crippen molar-refractivity contribution in [2.75, 3.05) is 14.1 Å². The number of nitrogens with zero attached hydrogens (tertiary/aromatic N) is 1. The third-order valence-electron chi connectivity index (χ3n) is 5.89. The Bertz CT molecular complexity index is 576. The molecule has 2 heteroatoms. The van der Waals surface area contributed by atoms with Gasteiger partial charge in [0, 0.05) is 5.54 Å². The zero-order chi connectivity index (χ0) is 18.3. The first-order valence-corrected chi connectivity index (χ1v) is 9.56. The second-order valence-corrected chi connectivity index (χ2v) is 7.41. The van der Waals surface area contributed by atoms with Crippen molar-refractivity contribution in [2.45, 2.75) is 57.0 Å². The molecule has 0 spiro atoms. The maximum Gasteiger partial charge on any atom is 0.0710 e. The molecule has 0 amide bonds. The summed E-state index contributed by atoms with van der Waals surface area (Å²) < 4.78 is 0. The van der Waals surface area contributed by atoms with Crippen LogP contribution in [0.5, 0.6) is 0 Å². The molecule has 0 fully saturated rings. The van der Waals surface area contributed by atoms with Gasteiger partial charge in [0.2, 0.25) is 0 Å². The van der Waals surface area contributed by atoms with E-state index < -0.39 is 0 Å². The van der Waals surface area contributed by atoms with Crippen LogP contribution in [0, 0.1) is 0 Å². The number of rotatable bonds is 9. The first kappa shape index (κ1) is 19.7. The van der Waals surface area contributed by atoms with E-state index in [4.69, 9.17) is 5.73 Å². The number of benzene rings is 2. The summed E-state index contributed by atoms with van der Waals surface area (Å²) in [5.41, 5.74) is 9.11. The lowest BCUT2D eigenvalue weighted by molar-refractivity contribution is 0.174. The summed E-state index contributed by atoms with van der Waals surface area (Å²) in [6, 6.07) is 21.8. The highest BCUT2D eigenvalue weighted by Gasteiger charge is 2.36. The minimum atomic E-state index is -0.120. The van der Waals surface area contributed by atoms with E-state index in [1.807, 2.05) is 0 Å². The van der Waals surface area contributed by atoms with Crippen molar-refractivity contribution in [1.29, 1.82) is 0 Å². The molecule has 2 aromatic rings. The Morgan fingerprint density at radius 2 is 1.20 bits per heavy atom. The van der Waals surface area contributed by atoms with E-state index in [2.05, 4.69) is 93.5 Å². The summed E-state index contributed by atoms with van der Waals surface area (Å²) in [7, 11) is 4.38. The first-order valence-electron chi connectivity index (χ1n) is 9.56. The van der Waals surface area contributed by atoms with E-state index in [9.17, 15) is 0 Å². The lowest BCUT2D eigenvalue weighted by atomic mass is 9.76. The summed E-state index contributed by atoms with van der Waals surface area (Å²) >= 11 is 0. The lowest BCUT2D eigenvalue weighted by Crippen LogP contribution is -2.44. The predicted octanol–water partition coefficient (Wildman–Crippen LogP) is 5.18. The van der Waals surface area contributed by atoms with Gasteiger partial charge in [0.1, 0.15) is 0 Å². The molecule has 25 heavy (non-hydrogen) atoms. The highest BCUT2D eigenvalue weighted by Crippen LogP contribution is 2.39. The Hall–Kier alpha value is -1.64. The van der Waals surface area contributed by atoms with Crippen molar-refractivity contribution in [3.8, 4) is 0 Å². The van der Waals surface area contributed by atoms with Crippen molar-refractivity contribution in [3.05, 3.63) is 71.8 Å². The zero-order valence-electron chi connectivity index (χ0n) is 16.3. The Labute approximate surface area is 154 Å². The minimum Gasteiger partial charge on any atom is -0.325 e. The molecule has 0 aliphatic heterocycles. The molecule has 2 aromatic carbocycles. The van der Waals surface area contributed by atoms with Crippen molar-refractivity contribution < 1.29 is 0 Å². The highest BCUT2D eigenvalue weighted by molar-refractivity contribution is 5.38. The first-order chi connectivity index (χ1) is 12.0. The van der Waals surface area contributed by atoms with Crippen LogP contribution in [-0.2, 0) is 5.54 Å². The van der Waals surface area contributed by atoms with Gasteiger partial charge in [-0.15, -0.1) is 0 Å². The van der Waals surface area contributed by atoms with Gasteiger partial charge in [-0.3, -0.25) is 4.90 Å². The van der Waals surface area contributed by atoms with Gasteiger partial charge in [-0.2, -0.15) is 0 Å². The second-order valence-electron chi connectivity index (χ2n) is 7.41. The fraction of sp³-hybridized carbons (Fsp3) is 0.478. The largest absolute Gasteiger partial charge is 0.325 e. The molecule has 0 aliphatic carbocycles. The average molecular weight is 339 g/mol. The maximum atomic E-state index is 6.57. The van der Waals surface area contributed by atoms with Crippen LogP contribution in [0.15, 0.2) is 60.7 Å². The molecule has 136 valence electrons. The van der Waals surface area contributed by atoms with E-state index in [1.54, 1.807) is 0 Å². The van der Waals surface area contributed by atoms with Gasteiger partial charge in [-0.1, -0.05) is 74.5 Å². The van der Waals surface area contributed by atoms with E-state index in [1.165, 1.54) is 11.1 Å². The SMILES string of the molecule is CCC(N)(CC)CCCC(c1ccccc1)(c1ccccc1)N(C)C. The van der Waals surface area contributed by atoms with Crippen molar-refractivity contribution >= 4 is 0 Å². The van der Waals surface area contributed by atoms with Crippen LogP contribution in [0.2, 0.25) is 0 Å². The molecule has 0 heterocycles. The molecule has 2 nitrogen and oxygen atoms in total. The van der Waals surface area contributed by atoms with E-state index in [-0.39, 0.29) is 11.1 Å². The number of hydrogen-bond acceptors (Lipinski definition) is 2. The van der Waals surface area contributed by atoms with E-state index >= 15 is 0 Å². The van der Waals surface area contributed by atoms with Gasteiger partial charge in [0.25, 0.3) is 0 Å². The molecule has 2 N–H and O–H groups in total. The number of nitrogens with two attached hydrogens (primary N) is 1. The fourth-order valence-electron chi connectivity index (χ4n) is 3.92. The monoisotopic (exact) mass is 338 g/mol. The quantitative estimate of drug-likeness (QED) is 0.682. The normalized spacial score (nSPS) is 12.6. The number of hydrogen-bond donors (Lipinski definition) is 1. The van der Waals surface area contributed by atoms with Gasteiger partial charge in [0.05, 0.1) is 5.54 Å². The molecular weight excluding hydrogens is 304 g/mol. The predicted molar refractivity (Wildman–Crippen MR) is 109 cm³/mol. The summed E-state index contributed by atoms with van der Waals surface area (Å²) in [5, 5.41) is 0. The third kappa shape index (κ3) is 4.31. The van der Waals surface area contributed by atoms with Gasteiger partial charge in [-0.05, 0) is 57.3 Å². The lowest BCUT2D eigenvalue weighted by Gasteiger charge is -2.42.